The first kappa shape index (κ1) is 15.2. The molecule has 0 saturated heterocycles. The normalized spacial score (nSPS) is 18.6. The highest BCUT2D eigenvalue weighted by molar-refractivity contribution is 7.88. The lowest BCUT2D eigenvalue weighted by Gasteiger charge is -2.22. The fourth-order valence-electron chi connectivity index (χ4n) is 2.20. The molecular formula is C10H21N3O4S. The predicted molar refractivity (Wildman–Crippen MR) is 67.0 cm³/mol. The van der Waals surface area contributed by atoms with Crippen molar-refractivity contribution in [1.29, 1.82) is 0 Å². The van der Waals surface area contributed by atoms with Crippen molar-refractivity contribution in [3.63, 3.8) is 0 Å². The van der Waals surface area contributed by atoms with Crippen molar-refractivity contribution in [2.45, 2.75) is 38.6 Å². The summed E-state index contributed by atoms with van der Waals surface area (Å²) in [4.78, 5) is 11.1. The standard InChI is InChI=1S/C10H21N3O4S/c1-2-17-10(14)13-18(15,16)12-9(7-11)8-5-3-4-6-8/h8-9,12H,2-7,11H2,1H3,(H,13,14). The van der Waals surface area contributed by atoms with Gasteiger partial charge in [0.1, 0.15) is 0 Å². The highest BCUT2D eigenvalue weighted by Gasteiger charge is 2.28. The average molecular weight is 279 g/mol. The Kier molecular flexibility index (Phi) is 5.83. The van der Waals surface area contributed by atoms with Gasteiger partial charge >= 0.3 is 16.3 Å². The molecule has 0 radical (unpaired) electrons. The van der Waals surface area contributed by atoms with Gasteiger partial charge in [0, 0.05) is 12.6 Å². The van der Waals surface area contributed by atoms with Crippen LogP contribution < -0.4 is 15.2 Å². The lowest BCUT2D eigenvalue weighted by Crippen LogP contribution is -2.50. The lowest BCUT2D eigenvalue weighted by atomic mass is 9.99. The third kappa shape index (κ3) is 4.79. The van der Waals surface area contributed by atoms with Crippen LogP contribution in [0.2, 0.25) is 0 Å². The van der Waals surface area contributed by atoms with Crippen LogP contribution in [0.5, 0.6) is 0 Å². The molecule has 1 fully saturated rings. The summed E-state index contributed by atoms with van der Waals surface area (Å²) in [5.41, 5.74) is 5.58. The second kappa shape index (κ2) is 6.91. The second-order valence-corrected chi connectivity index (χ2v) is 5.78. The summed E-state index contributed by atoms with van der Waals surface area (Å²) in [5.74, 6) is 0.244. The number of nitrogens with one attached hydrogen (secondary N) is 2. The number of amides is 1. The predicted octanol–water partition coefficient (Wildman–Crippen LogP) is 0.0844. The van der Waals surface area contributed by atoms with Crippen molar-refractivity contribution in [1.82, 2.24) is 9.44 Å². The van der Waals surface area contributed by atoms with Gasteiger partial charge in [-0.1, -0.05) is 12.8 Å². The topological polar surface area (TPSA) is 111 Å². The van der Waals surface area contributed by atoms with E-state index in [4.69, 9.17) is 5.73 Å². The molecule has 1 saturated carbocycles. The molecule has 1 atom stereocenters. The van der Waals surface area contributed by atoms with E-state index in [0.29, 0.717) is 0 Å². The van der Waals surface area contributed by atoms with E-state index >= 15 is 0 Å². The van der Waals surface area contributed by atoms with Crippen molar-refractivity contribution in [3.8, 4) is 0 Å². The van der Waals surface area contributed by atoms with E-state index < -0.39 is 16.3 Å². The molecule has 8 heteroatoms. The first-order valence-corrected chi connectivity index (χ1v) is 7.63. The van der Waals surface area contributed by atoms with Gasteiger partial charge in [-0.05, 0) is 25.7 Å². The molecular weight excluding hydrogens is 258 g/mol. The van der Waals surface area contributed by atoms with Gasteiger partial charge in [0.2, 0.25) is 0 Å². The van der Waals surface area contributed by atoms with Gasteiger partial charge in [-0.2, -0.15) is 13.1 Å². The Labute approximate surface area is 108 Å². The van der Waals surface area contributed by atoms with Crippen LogP contribution in [0, 0.1) is 5.92 Å². The maximum Gasteiger partial charge on any atom is 0.421 e. The molecule has 0 spiro atoms. The molecule has 0 aromatic heterocycles. The quantitative estimate of drug-likeness (QED) is 0.638. The summed E-state index contributed by atoms with van der Waals surface area (Å²) in [6, 6.07) is -0.334. The molecule has 0 bridgehead atoms. The van der Waals surface area contributed by atoms with E-state index in [1.165, 1.54) is 0 Å². The SMILES string of the molecule is CCOC(=O)NS(=O)(=O)NC(CN)C1CCCC1. The molecule has 0 aromatic rings. The third-order valence-corrected chi connectivity index (χ3v) is 4.07. The number of rotatable bonds is 6. The van der Waals surface area contributed by atoms with E-state index in [9.17, 15) is 13.2 Å². The zero-order valence-corrected chi connectivity index (χ0v) is 11.3. The number of hydrogen-bond donors (Lipinski definition) is 3. The molecule has 1 amide bonds. The highest BCUT2D eigenvalue weighted by atomic mass is 32.2. The Morgan fingerprint density at radius 1 is 1.44 bits per heavy atom. The van der Waals surface area contributed by atoms with Crippen LogP contribution in [0.1, 0.15) is 32.6 Å². The molecule has 0 heterocycles. The Hall–Kier alpha value is -0.860. The molecule has 1 aliphatic rings. The molecule has 106 valence electrons. The lowest BCUT2D eigenvalue weighted by molar-refractivity contribution is 0.158. The van der Waals surface area contributed by atoms with Crippen LogP contribution in [0.25, 0.3) is 0 Å². The molecule has 1 unspecified atom stereocenters. The van der Waals surface area contributed by atoms with Crippen molar-refractivity contribution in [2.24, 2.45) is 11.7 Å². The molecule has 1 aliphatic carbocycles. The zero-order valence-electron chi connectivity index (χ0n) is 10.5. The number of ether oxygens (including phenoxy) is 1. The summed E-state index contributed by atoms with van der Waals surface area (Å²) in [7, 11) is -3.91. The third-order valence-electron chi connectivity index (χ3n) is 3.02. The highest BCUT2D eigenvalue weighted by Crippen LogP contribution is 2.27. The summed E-state index contributed by atoms with van der Waals surface area (Å²) < 4.78 is 32.0. The Bertz CT molecular complexity index is 365. The van der Waals surface area contributed by atoms with Gasteiger partial charge in [-0.25, -0.2) is 9.52 Å². The van der Waals surface area contributed by atoms with Crippen LogP contribution >= 0.6 is 0 Å². The smallest absolute Gasteiger partial charge is 0.421 e. The van der Waals surface area contributed by atoms with Gasteiger partial charge in [0.05, 0.1) is 6.61 Å². The number of carbonyl (C=O) groups excluding carboxylic acids is 1. The monoisotopic (exact) mass is 279 g/mol. The Morgan fingerprint density at radius 2 is 2.06 bits per heavy atom. The fourth-order valence-corrected chi connectivity index (χ4v) is 3.22. The van der Waals surface area contributed by atoms with Crippen molar-refractivity contribution in [3.05, 3.63) is 0 Å². The minimum absolute atomic E-state index is 0.115. The largest absolute Gasteiger partial charge is 0.449 e. The van der Waals surface area contributed by atoms with Crippen LogP contribution in [0.4, 0.5) is 4.79 Å². The average Bonchev–Trinajstić information content (AvgIpc) is 2.78. The van der Waals surface area contributed by atoms with Crippen LogP contribution in [-0.2, 0) is 14.9 Å². The summed E-state index contributed by atoms with van der Waals surface area (Å²) >= 11 is 0. The fraction of sp³-hybridized carbons (Fsp3) is 0.900. The van der Waals surface area contributed by atoms with Crippen LogP contribution in [0.15, 0.2) is 0 Å². The number of hydrogen-bond acceptors (Lipinski definition) is 5. The molecule has 0 aliphatic heterocycles. The second-order valence-electron chi connectivity index (χ2n) is 4.33. The van der Waals surface area contributed by atoms with Crippen LogP contribution in [0.3, 0.4) is 0 Å². The number of carbonyl (C=O) groups is 1. The maximum absolute atomic E-state index is 11.7. The van der Waals surface area contributed by atoms with Gasteiger partial charge in [0.15, 0.2) is 0 Å². The van der Waals surface area contributed by atoms with Crippen molar-refractivity contribution in [2.75, 3.05) is 13.2 Å². The molecule has 0 aromatic carbocycles. The zero-order chi connectivity index (χ0) is 13.6. The molecule has 4 N–H and O–H groups in total. The number of nitrogens with two attached hydrogens (primary N) is 1. The van der Waals surface area contributed by atoms with E-state index in [0.717, 1.165) is 25.7 Å². The first-order chi connectivity index (χ1) is 8.48. The van der Waals surface area contributed by atoms with E-state index in [-0.39, 0.29) is 25.1 Å². The van der Waals surface area contributed by atoms with E-state index in [2.05, 4.69) is 9.46 Å². The van der Waals surface area contributed by atoms with E-state index in [1.807, 2.05) is 0 Å². The summed E-state index contributed by atoms with van der Waals surface area (Å²) in [5, 5.41) is 0. The minimum atomic E-state index is -3.91. The maximum atomic E-state index is 11.7. The first-order valence-electron chi connectivity index (χ1n) is 6.15. The summed E-state index contributed by atoms with van der Waals surface area (Å²) in [6.45, 7) is 1.93. The Morgan fingerprint density at radius 3 is 2.56 bits per heavy atom. The molecule has 18 heavy (non-hydrogen) atoms. The van der Waals surface area contributed by atoms with Gasteiger partial charge in [-0.15, -0.1) is 0 Å². The Balaban J connectivity index is 2.54. The van der Waals surface area contributed by atoms with Crippen LogP contribution in [-0.4, -0.2) is 33.7 Å². The van der Waals surface area contributed by atoms with Crippen molar-refractivity contribution >= 4 is 16.3 Å². The molecule has 1 rings (SSSR count). The van der Waals surface area contributed by atoms with Gasteiger partial charge in [-0.3, -0.25) is 0 Å². The minimum Gasteiger partial charge on any atom is -0.449 e. The van der Waals surface area contributed by atoms with Gasteiger partial charge < -0.3 is 10.5 Å². The summed E-state index contributed by atoms with van der Waals surface area (Å²) in [6.07, 6.45) is 3.13. The van der Waals surface area contributed by atoms with Crippen molar-refractivity contribution < 1.29 is 17.9 Å². The van der Waals surface area contributed by atoms with Gasteiger partial charge in [0.25, 0.3) is 0 Å². The molecule has 7 nitrogen and oxygen atoms in total. The van der Waals surface area contributed by atoms with E-state index in [1.54, 1.807) is 11.6 Å².